The summed E-state index contributed by atoms with van der Waals surface area (Å²) < 4.78 is 0. The van der Waals surface area contributed by atoms with Gasteiger partial charge in [-0.25, -0.2) is 4.98 Å². The fraction of sp³-hybridized carbons (Fsp3) is 0.320. The molecule has 6 heteroatoms. The summed E-state index contributed by atoms with van der Waals surface area (Å²) in [6, 6.07) is 16.3. The third-order valence-electron chi connectivity index (χ3n) is 5.81. The Labute approximate surface area is 187 Å². The maximum absolute atomic E-state index is 13.0. The zero-order valence-corrected chi connectivity index (χ0v) is 18.9. The highest BCUT2D eigenvalue weighted by Gasteiger charge is 2.24. The number of hydrogen-bond acceptors (Lipinski definition) is 5. The van der Waals surface area contributed by atoms with Crippen LogP contribution in [0.25, 0.3) is 10.6 Å². The number of anilines is 1. The highest BCUT2D eigenvalue weighted by atomic mass is 32.1. The second-order valence-corrected chi connectivity index (χ2v) is 9.14. The summed E-state index contributed by atoms with van der Waals surface area (Å²) in [5, 5.41) is 13.1. The average molecular weight is 431 g/mol. The predicted molar refractivity (Wildman–Crippen MR) is 126 cm³/mol. The van der Waals surface area contributed by atoms with E-state index in [4.69, 9.17) is 5.26 Å². The molecule has 31 heavy (non-hydrogen) atoms. The number of aromatic nitrogens is 1. The minimum atomic E-state index is -0.0252. The molecule has 2 heterocycles. The molecule has 0 atom stereocenters. The predicted octanol–water partition coefficient (Wildman–Crippen LogP) is 5.01. The van der Waals surface area contributed by atoms with Crippen molar-refractivity contribution in [3.05, 3.63) is 69.7 Å². The molecule has 1 N–H and O–H groups in total. The normalized spacial score (nSPS) is 14.3. The third-order valence-corrected chi connectivity index (χ3v) is 7.00. The number of benzene rings is 2. The molecule has 1 saturated heterocycles. The molecule has 0 spiro atoms. The van der Waals surface area contributed by atoms with Crippen LogP contribution in [0.4, 0.5) is 5.69 Å². The lowest BCUT2D eigenvalue weighted by Gasteiger charge is -2.34. The molecule has 1 fully saturated rings. The van der Waals surface area contributed by atoms with E-state index in [1.165, 1.54) is 22.5 Å². The Bertz CT molecular complexity index is 1140. The van der Waals surface area contributed by atoms with Gasteiger partial charge < -0.3 is 10.2 Å². The summed E-state index contributed by atoms with van der Waals surface area (Å²) in [6.07, 6.45) is 1.79. The maximum atomic E-state index is 13.0. The summed E-state index contributed by atoms with van der Waals surface area (Å²) in [5.41, 5.74) is 6.07. The number of nitrogens with one attached hydrogen (secondary N) is 1. The number of thiazole rings is 1. The van der Waals surface area contributed by atoms with Gasteiger partial charge in [0.25, 0.3) is 5.91 Å². The van der Waals surface area contributed by atoms with E-state index < -0.39 is 0 Å². The molecule has 1 aliphatic rings. The van der Waals surface area contributed by atoms with Crippen LogP contribution in [0.2, 0.25) is 0 Å². The van der Waals surface area contributed by atoms with Crippen LogP contribution in [-0.4, -0.2) is 30.0 Å². The molecule has 4 rings (SSSR count). The van der Waals surface area contributed by atoms with Gasteiger partial charge in [-0.2, -0.15) is 5.26 Å². The van der Waals surface area contributed by atoms with Gasteiger partial charge in [0, 0.05) is 30.4 Å². The van der Waals surface area contributed by atoms with E-state index in [9.17, 15) is 4.79 Å². The van der Waals surface area contributed by atoms with Gasteiger partial charge in [0.1, 0.15) is 9.88 Å². The number of hydrogen-bond donors (Lipinski definition) is 1. The molecule has 0 saturated carbocycles. The number of aryl methyl sites for hydroxylation is 3. The van der Waals surface area contributed by atoms with Gasteiger partial charge in [-0.05, 0) is 63.4 Å². The molecule has 5 nitrogen and oxygen atoms in total. The number of amides is 1. The third kappa shape index (κ3) is 4.62. The molecule has 3 aromatic rings. The molecular formula is C25H26N4OS. The number of piperidine rings is 1. The van der Waals surface area contributed by atoms with Crippen molar-refractivity contribution in [2.75, 3.05) is 18.0 Å². The SMILES string of the molecule is Cc1ccc(-c2nc(C)c(C(=O)NC3CCN(c4ccc(C#N)cc4)CC3)s2)c(C)c1. The number of rotatable bonds is 4. The number of carbonyl (C=O) groups excluding carboxylic acids is 1. The lowest BCUT2D eigenvalue weighted by Crippen LogP contribution is -2.44. The minimum absolute atomic E-state index is 0.0252. The summed E-state index contributed by atoms with van der Waals surface area (Å²) >= 11 is 1.47. The maximum Gasteiger partial charge on any atom is 0.263 e. The molecule has 2 aromatic carbocycles. The van der Waals surface area contributed by atoms with Gasteiger partial charge in [-0.15, -0.1) is 11.3 Å². The Morgan fingerprint density at radius 3 is 2.48 bits per heavy atom. The van der Waals surface area contributed by atoms with Crippen molar-refractivity contribution in [1.82, 2.24) is 10.3 Å². The Hall–Kier alpha value is -3.17. The monoisotopic (exact) mass is 430 g/mol. The highest BCUT2D eigenvalue weighted by molar-refractivity contribution is 7.17. The largest absolute Gasteiger partial charge is 0.371 e. The van der Waals surface area contributed by atoms with Crippen LogP contribution in [0.1, 0.15) is 44.9 Å². The van der Waals surface area contributed by atoms with E-state index >= 15 is 0 Å². The summed E-state index contributed by atoms with van der Waals surface area (Å²) in [5.74, 6) is -0.0252. The fourth-order valence-corrected chi connectivity index (χ4v) is 5.12. The lowest BCUT2D eigenvalue weighted by atomic mass is 10.0. The van der Waals surface area contributed by atoms with E-state index in [2.05, 4.69) is 53.3 Å². The van der Waals surface area contributed by atoms with Crippen molar-refractivity contribution in [3.63, 3.8) is 0 Å². The molecule has 0 aliphatic carbocycles. The van der Waals surface area contributed by atoms with E-state index in [0.717, 1.165) is 47.9 Å². The Kier molecular flexibility index (Phi) is 6.06. The van der Waals surface area contributed by atoms with E-state index in [0.29, 0.717) is 10.4 Å². The first-order valence-electron chi connectivity index (χ1n) is 10.6. The number of carbonyl (C=O) groups is 1. The summed E-state index contributed by atoms with van der Waals surface area (Å²) in [4.78, 5) is 20.6. The lowest BCUT2D eigenvalue weighted by molar-refractivity contribution is 0.0934. The molecule has 1 amide bonds. The Balaban J connectivity index is 1.39. The zero-order valence-electron chi connectivity index (χ0n) is 18.1. The van der Waals surface area contributed by atoms with Gasteiger partial charge in [-0.1, -0.05) is 23.8 Å². The quantitative estimate of drug-likeness (QED) is 0.632. The average Bonchev–Trinajstić information content (AvgIpc) is 3.16. The van der Waals surface area contributed by atoms with Crippen molar-refractivity contribution in [2.45, 2.75) is 39.7 Å². The van der Waals surface area contributed by atoms with Crippen molar-refractivity contribution in [3.8, 4) is 16.6 Å². The van der Waals surface area contributed by atoms with Crippen molar-refractivity contribution in [1.29, 1.82) is 5.26 Å². The summed E-state index contributed by atoms with van der Waals surface area (Å²) in [6.45, 7) is 7.83. The van der Waals surface area contributed by atoms with Gasteiger partial charge in [0.15, 0.2) is 0 Å². The number of nitriles is 1. The highest BCUT2D eigenvalue weighted by Crippen LogP contribution is 2.31. The molecule has 0 unspecified atom stereocenters. The van der Waals surface area contributed by atoms with E-state index in [1.54, 1.807) is 0 Å². The van der Waals surface area contributed by atoms with Crippen molar-refractivity contribution < 1.29 is 4.79 Å². The second-order valence-electron chi connectivity index (χ2n) is 8.15. The van der Waals surface area contributed by atoms with Crippen LogP contribution in [0, 0.1) is 32.1 Å². The first-order chi connectivity index (χ1) is 14.9. The molecular weight excluding hydrogens is 404 g/mol. The minimum Gasteiger partial charge on any atom is -0.371 e. The van der Waals surface area contributed by atoms with Crippen molar-refractivity contribution >= 4 is 22.9 Å². The topological polar surface area (TPSA) is 69.0 Å². The van der Waals surface area contributed by atoms with Gasteiger partial charge in [-0.3, -0.25) is 4.79 Å². The van der Waals surface area contributed by atoms with Gasteiger partial charge >= 0.3 is 0 Å². The molecule has 158 valence electrons. The second kappa shape index (κ2) is 8.91. The van der Waals surface area contributed by atoms with Gasteiger partial charge in [0.2, 0.25) is 0 Å². The molecule has 0 radical (unpaired) electrons. The Morgan fingerprint density at radius 1 is 1.13 bits per heavy atom. The zero-order chi connectivity index (χ0) is 22.0. The van der Waals surface area contributed by atoms with Crippen LogP contribution in [0.15, 0.2) is 42.5 Å². The molecule has 1 aliphatic heterocycles. The van der Waals surface area contributed by atoms with Gasteiger partial charge in [0.05, 0.1) is 17.3 Å². The Morgan fingerprint density at radius 2 is 1.84 bits per heavy atom. The van der Waals surface area contributed by atoms with Crippen molar-refractivity contribution in [2.24, 2.45) is 0 Å². The fourth-order valence-electron chi connectivity index (χ4n) is 4.06. The molecule has 1 aromatic heterocycles. The van der Waals surface area contributed by atoms with E-state index in [-0.39, 0.29) is 11.9 Å². The van der Waals surface area contributed by atoms with E-state index in [1.807, 2.05) is 31.2 Å². The van der Waals surface area contributed by atoms with Crippen LogP contribution < -0.4 is 10.2 Å². The smallest absolute Gasteiger partial charge is 0.263 e. The number of nitrogens with zero attached hydrogens (tertiary/aromatic N) is 3. The standard InChI is InChI=1S/C25H26N4OS/c1-16-4-9-22(17(2)14-16)25-27-18(3)23(31-25)24(30)28-20-10-12-29(13-11-20)21-7-5-19(15-26)6-8-21/h4-9,14,20H,10-13H2,1-3H3,(H,28,30). The van der Waals surface area contributed by atoms with Crippen LogP contribution in [0.3, 0.4) is 0 Å². The van der Waals surface area contributed by atoms with Crippen LogP contribution >= 0.6 is 11.3 Å². The summed E-state index contributed by atoms with van der Waals surface area (Å²) in [7, 11) is 0. The van der Waals surface area contributed by atoms with Crippen LogP contribution in [0.5, 0.6) is 0 Å². The first kappa shape index (κ1) is 21.1. The molecule has 0 bridgehead atoms. The van der Waals surface area contributed by atoms with Crippen LogP contribution in [-0.2, 0) is 0 Å². The first-order valence-corrected chi connectivity index (χ1v) is 11.4.